The van der Waals surface area contributed by atoms with Gasteiger partial charge in [0.05, 0.1) is 8.07 Å². The fourth-order valence-corrected chi connectivity index (χ4v) is 4.03. The zero-order chi connectivity index (χ0) is 18.3. The Bertz CT molecular complexity index is 553. The molecule has 1 aromatic rings. The largest absolute Gasteiger partial charge is 1.00 e. The maximum Gasteiger partial charge on any atom is -1.00 e. The fraction of sp³-hybridized carbons (Fsp3) is 0.450. The van der Waals surface area contributed by atoms with Gasteiger partial charge in [0.2, 0.25) is 0 Å². The van der Waals surface area contributed by atoms with Gasteiger partial charge in [-0.05, 0) is 29.7 Å². The van der Waals surface area contributed by atoms with E-state index < -0.39 is 8.07 Å². The average molecular weight is 434 g/mol. The molecule has 1 aliphatic carbocycles. The number of allylic oxidation sites excluding steroid dienone is 4. The van der Waals surface area contributed by atoms with Crippen molar-refractivity contribution in [3.63, 3.8) is 0 Å². The third-order valence-electron chi connectivity index (χ3n) is 4.53. The summed E-state index contributed by atoms with van der Waals surface area (Å²) in [6.45, 7) is 15.7. The van der Waals surface area contributed by atoms with Crippen LogP contribution in [0.3, 0.4) is 0 Å². The first-order valence-electron chi connectivity index (χ1n) is 7.94. The molecule has 0 spiro atoms. The van der Waals surface area contributed by atoms with Gasteiger partial charge < -0.3 is 29.9 Å². The monoisotopic (exact) mass is 433 g/mol. The summed E-state index contributed by atoms with van der Waals surface area (Å²) in [5.41, 5.74) is 2.42. The molecule has 0 aliphatic heterocycles. The van der Waals surface area contributed by atoms with Crippen LogP contribution in [0.4, 0.5) is 0 Å². The van der Waals surface area contributed by atoms with Gasteiger partial charge in [-0.2, -0.15) is 6.08 Å². The predicted octanol–water partition coefficient (Wildman–Crippen LogP) is -0.915. The van der Waals surface area contributed by atoms with Gasteiger partial charge in [0.25, 0.3) is 0 Å². The molecule has 0 amide bonds. The minimum Gasteiger partial charge on any atom is -1.00 e. The number of aromatic hydroxyl groups is 1. The van der Waals surface area contributed by atoms with Crippen LogP contribution < -0.4 is 30.0 Å². The number of hydrogen-bond acceptors (Lipinski definition) is 1. The second-order valence-corrected chi connectivity index (χ2v) is 12.7. The normalized spacial score (nSPS) is 12.4. The molecule has 25 heavy (non-hydrogen) atoms. The van der Waals surface area contributed by atoms with Crippen molar-refractivity contribution in [1.82, 2.24) is 0 Å². The van der Waals surface area contributed by atoms with Crippen molar-refractivity contribution in [2.24, 2.45) is 0 Å². The second kappa shape index (κ2) is 13.1. The van der Waals surface area contributed by atoms with Gasteiger partial charge in [-0.1, -0.05) is 52.0 Å². The summed E-state index contributed by atoms with van der Waals surface area (Å²) < 4.78 is 0. The Morgan fingerprint density at radius 2 is 1.60 bits per heavy atom. The molecule has 1 aliphatic rings. The number of hydrogen-bond donors (Lipinski definition) is 1. The molecule has 0 fully saturated rings. The van der Waals surface area contributed by atoms with E-state index in [1.54, 1.807) is 20.0 Å². The average Bonchev–Trinajstić information content (AvgIpc) is 2.90. The van der Waals surface area contributed by atoms with Crippen molar-refractivity contribution in [3.05, 3.63) is 47.6 Å². The maximum atomic E-state index is 9.65. The number of phenolic OH excluding ortho intramolecular Hbond substituents is 1. The molecule has 0 aromatic heterocycles. The predicted molar refractivity (Wildman–Crippen MR) is 103 cm³/mol. The summed E-state index contributed by atoms with van der Waals surface area (Å²) in [6, 6.07) is 5.97. The molecule has 1 aromatic carbocycles. The standard InChI is InChI=1S/C13H22OSi.C6H7.CH2.2ClH.Ti/c1-10-7-11(14)9-12(8-10)15(5,6)13(2,3)4;1-6-4-2-3-5-6;;;;/h7-9,14H,1-6H3;2,4H,3H2,1H3;1H2;2*1H;/q;-1;;;;+1/p-2. The van der Waals surface area contributed by atoms with Gasteiger partial charge in [0, 0.05) is 0 Å². The van der Waals surface area contributed by atoms with E-state index in [4.69, 9.17) is 0 Å². The number of rotatable bonds is 1. The van der Waals surface area contributed by atoms with Gasteiger partial charge in [0.1, 0.15) is 5.75 Å². The summed E-state index contributed by atoms with van der Waals surface area (Å²) in [5, 5.41) is 11.3. The molecule has 0 bridgehead atoms. The third-order valence-corrected chi connectivity index (χ3v) is 10.0. The van der Waals surface area contributed by atoms with Crippen LogP contribution in [0.2, 0.25) is 18.1 Å². The first-order chi connectivity index (χ1) is 10.5. The number of benzene rings is 1. The number of aryl methyl sites for hydroxylation is 1. The van der Waals surface area contributed by atoms with E-state index in [1.165, 1.54) is 10.8 Å². The van der Waals surface area contributed by atoms with Gasteiger partial charge in [0.15, 0.2) is 0 Å². The van der Waals surface area contributed by atoms with Crippen LogP contribution in [0.25, 0.3) is 0 Å². The van der Waals surface area contributed by atoms with E-state index in [-0.39, 0.29) is 24.8 Å². The molecule has 0 saturated heterocycles. The van der Waals surface area contributed by atoms with Crippen LogP contribution in [0, 0.1) is 13.0 Å². The molecule has 0 atom stereocenters. The summed E-state index contributed by atoms with van der Waals surface area (Å²) in [4.78, 5) is 3.25. The van der Waals surface area contributed by atoms with E-state index in [9.17, 15) is 5.11 Å². The van der Waals surface area contributed by atoms with Crippen LogP contribution in [-0.4, -0.2) is 18.0 Å². The molecule has 141 valence electrons. The van der Waals surface area contributed by atoms with E-state index in [1.807, 2.05) is 19.1 Å². The molecule has 0 heterocycles. The first kappa shape index (κ1) is 29.6. The molecule has 1 N–H and O–H groups in total. The quantitative estimate of drug-likeness (QED) is 0.448. The molecular formula is C20H31Cl2OSiTi-2. The van der Waals surface area contributed by atoms with Crippen LogP contribution >= 0.6 is 0 Å². The van der Waals surface area contributed by atoms with E-state index >= 15 is 0 Å². The van der Waals surface area contributed by atoms with Crippen LogP contribution in [0.15, 0.2) is 35.9 Å². The van der Waals surface area contributed by atoms with E-state index in [0.717, 1.165) is 12.0 Å². The van der Waals surface area contributed by atoms with Gasteiger partial charge in [-0.3, -0.25) is 6.08 Å². The number of halogens is 2. The van der Waals surface area contributed by atoms with Gasteiger partial charge in [-0.15, -0.1) is 6.42 Å². The molecule has 0 unspecified atom stereocenters. The summed E-state index contributed by atoms with van der Waals surface area (Å²) in [6.07, 6.45) is 8.33. The Hall–Kier alpha value is -0.119. The molecule has 5 heteroatoms. The molecule has 0 saturated carbocycles. The van der Waals surface area contributed by atoms with Crippen molar-refractivity contribution in [1.29, 1.82) is 0 Å². The molecule has 0 radical (unpaired) electrons. The Balaban J connectivity index is -0.000000409. The van der Waals surface area contributed by atoms with Crippen molar-refractivity contribution >= 4 is 18.1 Å². The van der Waals surface area contributed by atoms with Crippen LogP contribution in [0.1, 0.15) is 39.7 Å². The van der Waals surface area contributed by atoms with Gasteiger partial charge >= 0.3 is 24.8 Å². The Labute approximate surface area is 179 Å². The van der Waals surface area contributed by atoms with Gasteiger partial charge in [-0.25, -0.2) is 11.6 Å². The van der Waals surface area contributed by atoms with Crippen LogP contribution in [0.5, 0.6) is 5.75 Å². The van der Waals surface area contributed by atoms with E-state index in [0.29, 0.717) is 10.8 Å². The summed E-state index contributed by atoms with van der Waals surface area (Å²) >= 11 is 1.75. The summed E-state index contributed by atoms with van der Waals surface area (Å²) in [5.74, 6) is 0.398. The van der Waals surface area contributed by atoms with Crippen LogP contribution in [-0.2, 0) is 20.0 Å². The first-order valence-corrected chi connectivity index (χ1v) is 12.0. The SMILES string of the molecule is CC1=[C-]CC=C1.Cc1cc(O)cc([Si](C)(C)C(C)(C)C)c1.[CH2]=[Ti+].[Cl-].[Cl-]. The smallest absolute Gasteiger partial charge is 1.00 e. The number of phenols is 1. The zero-order valence-electron chi connectivity index (χ0n) is 16.5. The second-order valence-electron chi connectivity index (χ2n) is 7.40. The Kier molecular flexibility index (Phi) is 15.5. The van der Waals surface area contributed by atoms with Crippen molar-refractivity contribution in [3.8, 4) is 5.75 Å². The Morgan fingerprint density at radius 3 is 1.88 bits per heavy atom. The van der Waals surface area contributed by atoms with E-state index in [2.05, 4.69) is 69.9 Å². The maximum absolute atomic E-state index is 9.65. The fourth-order valence-electron chi connectivity index (χ4n) is 2.07. The molecule has 2 rings (SSSR count). The molecular weight excluding hydrogens is 403 g/mol. The van der Waals surface area contributed by atoms with Crippen molar-refractivity contribution in [2.45, 2.75) is 59.2 Å². The minimum absolute atomic E-state index is 0. The zero-order valence-corrected chi connectivity index (χ0v) is 20.6. The topological polar surface area (TPSA) is 20.2 Å². The van der Waals surface area contributed by atoms with Crippen molar-refractivity contribution in [2.75, 3.05) is 0 Å². The Morgan fingerprint density at radius 1 is 1.08 bits per heavy atom. The third kappa shape index (κ3) is 9.96. The summed E-state index contributed by atoms with van der Waals surface area (Å²) in [7, 11) is -1.50. The minimum atomic E-state index is -1.50. The molecule has 1 nitrogen and oxygen atoms in total. The van der Waals surface area contributed by atoms with Crippen molar-refractivity contribution < 1.29 is 49.9 Å².